The highest BCUT2D eigenvalue weighted by Crippen LogP contribution is 2.31. The van der Waals surface area contributed by atoms with Gasteiger partial charge in [0, 0.05) is 12.8 Å². The van der Waals surface area contributed by atoms with Gasteiger partial charge in [0.15, 0.2) is 0 Å². The number of hydrogen-bond donors (Lipinski definition) is 1. The number of benzene rings is 1. The average Bonchev–Trinajstić information content (AvgIpc) is 2.67. The van der Waals surface area contributed by atoms with E-state index in [0.29, 0.717) is 5.91 Å². The van der Waals surface area contributed by atoms with Gasteiger partial charge in [-0.15, -0.1) is 0 Å². The number of piperidine rings is 1. The molecular formula is C21H29ClN2O. The van der Waals surface area contributed by atoms with Gasteiger partial charge in [-0.25, -0.2) is 4.79 Å². The number of nitrogens with one attached hydrogen (secondary N) is 1. The number of rotatable bonds is 4. The van der Waals surface area contributed by atoms with Gasteiger partial charge in [0.1, 0.15) is 0 Å². The molecule has 1 heterocycles. The molecule has 1 N–H and O–H groups in total. The number of likely N-dealkylation sites (tertiary alicyclic amines) is 1. The van der Waals surface area contributed by atoms with E-state index in [1.807, 2.05) is 18.2 Å². The van der Waals surface area contributed by atoms with Gasteiger partial charge in [-0.05, 0) is 17.9 Å². The van der Waals surface area contributed by atoms with Crippen LogP contribution in [0.5, 0.6) is 0 Å². The van der Waals surface area contributed by atoms with Gasteiger partial charge in [0.25, 0.3) is 0 Å². The third-order valence-electron chi connectivity index (χ3n) is 6.15. The molecule has 1 aromatic carbocycles. The summed E-state index contributed by atoms with van der Waals surface area (Å²) in [6.45, 7) is 1.60. The zero-order valence-corrected chi connectivity index (χ0v) is 15.7. The Balaban J connectivity index is 0.00000225. The summed E-state index contributed by atoms with van der Waals surface area (Å²) >= 11 is 0. The van der Waals surface area contributed by atoms with E-state index in [-0.39, 0.29) is 12.4 Å². The Morgan fingerprint density at radius 2 is 1.76 bits per heavy atom. The molecule has 1 aromatic rings. The van der Waals surface area contributed by atoms with Crippen LogP contribution in [0.15, 0.2) is 30.3 Å². The van der Waals surface area contributed by atoms with Crippen LogP contribution in [0.4, 0.5) is 0 Å². The third kappa shape index (κ3) is 4.84. The van der Waals surface area contributed by atoms with Crippen molar-refractivity contribution in [3.8, 4) is 6.07 Å². The number of amides is 1. The number of hydrogen-bond acceptors (Lipinski definition) is 2. The molecule has 0 spiro atoms. The fourth-order valence-electron chi connectivity index (χ4n) is 4.47. The van der Waals surface area contributed by atoms with Gasteiger partial charge < -0.3 is 12.4 Å². The zero-order valence-electron chi connectivity index (χ0n) is 15.0. The number of halogens is 1. The summed E-state index contributed by atoms with van der Waals surface area (Å²) in [5.74, 6) is 1.15. The van der Waals surface area contributed by atoms with Crippen LogP contribution >= 0.6 is 0 Å². The maximum atomic E-state index is 12.6. The fraction of sp³-hybridized carbons (Fsp3) is 0.619. The lowest BCUT2D eigenvalue weighted by atomic mass is 9.74. The molecule has 4 heteroatoms. The predicted molar refractivity (Wildman–Crippen MR) is 94.5 cm³/mol. The van der Waals surface area contributed by atoms with E-state index >= 15 is 0 Å². The normalized spacial score (nSPS) is 27.1. The number of nitriles is 1. The summed E-state index contributed by atoms with van der Waals surface area (Å²) in [7, 11) is 0. The molecule has 1 saturated carbocycles. The van der Waals surface area contributed by atoms with Crippen molar-refractivity contribution in [1.82, 2.24) is 0 Å². The Hall–Kier alpha value is -1.37. The van der Waals surface area contributed by atoms with E-state index in [2.05, 4.69) is 18.2 Å². The minimum atomic E-state index is -0.394. The first-order chi connectivity index (χ1) is 11.7. The summed E-state index contributed by atoms with van der Waals surface area (Å²) in [4.78, 5) is 13.6. The van der Waals surface area contributed by atoms with Crippen molar-refractivity contribution in [3.05, 3.63) is 35.9 Å². The highest BCUT2D eigenvalue weighted by Gasteiger charge is 2.40. The van der Waals surface area contributed by atoms with Crippen molar-refractivity contribution < 1.29 is 22.1 Å². The molecule has 3 rings (SSSR count). The Labute approximate surface area is 157 Å². The molecule has 1 saturated heterocycles. The van der Waals surface area contributed by atoms with Gasteiger partial charge >= 0.3 is 5.91 Å². The van der Waals surface area contributed by atoms with Gasteiger partial charge in [-0.3, -0.25) is 4.90 Å². The minimum absolute atomic E-state index is 0. The summed E-state index contributed by atoms with van der Waals surface area (Å²) in [5, 5.41) is 9.75. The zero-order chi connectivity index (χ0) is 16.8. The first-order valence-electron chi connectivity index (χ1n) is 9.58. The standard InChI is InChI=1S/C21H28N2O.ClH/c22-17-21(19-9-5-2-6-10-19)13-15-23(16-14-21)20(24)12-11-18-7-3-1-4-8-18;/h2,5-6,9-10,18H,1,3-4,7-8,11-16H2;1H. The Morgan fingerprint density at radius 1 is 1.12 bits per heavy atom. The minimum Gasteiger partial charge on any atom is -1.00 e. The lowest BCUT2D eigenvalue weighted by Gasteiger charge is -2.34. The Morgan fingerprint density at radius 3 is 2.36 bits per heavy atom. The van der Waals surface area contributed by atoms with Crippen LogP contribution in [0, 0.1) is 17.2 Å². The quantitative estimate of drug-likeness (QED) is 0.822. The van der Waals surface area contributed by atoms with Crippen molar-refractivity contribution in [2.75, 3.05) is 13.1 Å². The maximum absolute atomic E-state index is 12.6. The molecule has 0 atom stereocenters. The largest absolute Gasteiger partial charge is 1.00 e. The maximum Gasteiger partial charge on any atom is 0.312 e. The lowest BCUT2D eigenvalue weighted by molar-refractivity contribution is -0.828. The Bertz CT molecular complexity index is 582. The van der Waals surface area contributed by atoms with E-state index in [4.69, 9.17) is 0 Å². The SMILES string of the molecule is N#CC1(c2ccccc2)CC[NH+](C(=O)CCC2CCCCC2)CC1.[Cl-]. The highest BCUT2D eigenvalue weighted by molar-refractivity contribution is 5.66. The van der Waals surface area contributed by atoms with Gasteiger partial charge in [-0.1, -0.05) is 62.4 Å². The molecule has 1 aliphatic heterocycles. The van der Waals surface area contributed by atoms with Gasteiger partial charge in [0.2, 0.25) is 0 Å². The smallest absolute Gasteiger partial charge is 0.312 e. The van der Waals surface area contributed by atoms with Crippen molar-refractivity contribution >= 4 is 5.91 Å². The molecule has 136 valence electrons. The topological polar surface area (TPSA) is 45.3 Å². The van der Waals surface area contributed by atoms with Crippen LogP contribution < -0.4 is 17.3 Å². The predicted octanol–water partition coefficient (Wildman–Crippen LogP) is 0.0178. The highest BCUT2D eigenvalue weighted by atomic mass is 35.5. The van der Waals surface area contributed by atoms with Crippen LogP contribution in [0.25, 0.3) is 0 Å². The second-order valence-corrected chi connectivity index (χ2v) is 7.63. The van der Waals surface area contributed by atoms with Crippen molar-refractivity contribution in [3.63, 3.8) is 0 Å². The summed E-state index contributed by atoms with van der Waals surface area (Å²) in [5.41, 5.74) is 0.718. The lowest BCUT2D eigenvalue weighted by Crippen LogP contribution is -3.16. The third-order valence-corrected chi connectivity index (χ3v) is 6.15. The molecule has 0 aromatic heterocycles. The molecule has 1 amide bonds. The van der Waals surface area contributed by atoms with Crippen molar-refractivity contribution in [2.45, 2.75) is 63.2 Å². The van der Waals surface area contributed by atoms with E-state index in [9.17, 15) is 10.1 Å². The molecule has 3 nitrogen and oxygen atoms in total. The van der Waals surface area contributed by atoms with Crippen LogP contribution in [0.1, 0.15) is 63.4 Å². The molecule has 0 unspecified atom stereocenters. The van der Waals surface area contributed by atoms with Crippen LogP contribution in [-0.4, -0.2) is 19.0 Å². The monoisotopic (exact) mass is 360 g/mol. The van der Waals surface area contributed by atoms with Crippen molar-refractivity contribution in [2.24, 2.45) is 5.92 Å². The van der Waals surface area contributed by atoms with E-state index in [0.717, 1.165) is 55.2 Å². The van der Waals surface area contributed by atoms with Gasteiger partial charge in [-0.2, -0.15) is 5.26 Å². The first kappa shape index (κ1) is 19.9. The number of carbonyl (C=O) groups is 1. The van der Waals surface area contributed by atoms with Crippen LogP contribution in [-0.2, 0) is 10.2 Å². The summed E-state index contributed by atoms with van der Waals surface area (Å²) in [6.07, 6.45) is 10.1. The Kier molecular flexibility index (Phi) is 7.47. The second-order valence-electron chi connectivity index (χ2n) is 7.63. The molecule has 0 radical (unpaired) electrons. The molecule has 2 fully saturated rings. The average molecular weight is 361 g/mol. The van der Waals surface area contributed by atoms with E-state index < -0.39 is 5.41 Å². The van der Waals surface area contributed by atoms with E-state index in [1.54, 1.807) is 0 Å². The first-order valence-corrected chi connectivity index (χ1v) is 9.58. The molecular weight excluding hydrogens is 332 g/mol. The molecule has 2 aliphatic rings. The van der Waals surface area contributed by atoms with E-state index in [1.165, 1.54) is 32.1 Å². The number of nitrogens with zero attached hydrogens (tertiary/aromatic N) is 1. The molecule has 1 aliphatic carbocycles. The van der Waals surface area contributed by atoms with Crippen LogP contribution in [0.2, 0.25) is 0 Å². The summed E-state index contributed by atoms with van der Waals surface area (Å²) in [6, 6.07) is 12.7. The van der Waals surface area contributed by atoms with Crippen LogP contribution in [0.3, 0.4) is 0 Å². The second kappa shape index (κ2) is 9.36. The fourth-order valence-corrected chi connectivity index (χ4v) is 4.47. The van der Waals surface area contributed by atoms with Gasteiger partial charge in [0.05, 0.1) is 31.0 Å². The van der Waals surface area contributed by atoms with Crippen molar-refractivity contribution in [1.29, 1.82) is 5.26 Å². The molecule has 0 bridgehead atoms. The summed E-state index contributed by atoms with van der Waals surface area (Å²) < 4.78 is 0. The number of carbonyl (C=O) groups excluding carboxylic acids is 1. The molecule has 25 heavy (non-hydrogen) atoms. The number of quaternary nitrogens is 1.